The van der Waals surface area contributed by atoms with Crippen molar-refractivity contribution in [2.24, 2.45) is 0 Å². The predicted octanol–water partition coefficient (Wildman–Crippen LogP) is 2.61. The molecule has 0 aliphatic carbocycles. The van der Waals surface area contributed by atoms with Gasteiger partial charge in [-0.3, -0.25) is 14.9 Å². The molecule has 0 aliphatic rings. The minimum Gasteiger partial charge on any atom is -0.320 e. The van der Waals surface area contributed by atoms with Crippen LogP contribution in [0, 0.1) is 17.0 Å². The third kappa shape index (κ3) is 2.51. The number of nitrogens with zero attached hydrogens (tertiary/aromatic N) is 2. The molecule has 6 nitrogen and oxygen atoms in total. The van der Waals surface area contributed by atoms with Gasteiger partial charge in [-0.1, -0.05) is 6.07 Å². The summed E-state index contributed by atoms with van der Waals surface area (Å²) < 4.78 is 0. The van der Waals surface area contributed by atoms with Crippen LogP contribution in [0.4, 0.5) is 11.4 Å². The quantitative estimate of drug-likeness (QED) is 0.681. The summed E-state index contributed by atoms with van der Waals surface area (Å²) in [7, 11) is 0. The Morgan fingerprint density at radius 2 is 2.28 bits per heavy atom. The zero-order valence-electron chi connectivity index (χ0n) is 9.41. The van der Waals surface area contributed by atoms with Crippen molar-refractivity contribution >= 4 is 28.6 Å². The maximum Gasteiger partial charge on any atom is 0.275 e. The molecule has 0 aliphatic heterocycles. The van der Waals surface area contributed by atoms with Gasteiger partial charge >= 0.3 is 0 Å². The van der Waals surface area contributed by atoms with Gasteiger partial charge in [-0.2, -0.15) is 0 Å². The molecule has 1 aromatic heterocycles. The molecule has 1 amide bonds. The summed E-state index contributed by atoms with van der Waals surface area (Å²) in [5.41, 5.74) is 2.75. The molecule has 0 fully saturated rings. The molecule has 0 unspecified atom stereocenters. The van der Waals surface area contributed by atoms with Crippen molar-refractivity contribution in [3.8, 4) is 0 Å². The minimum absolute atomic E-state index is 0.0222. The number of nitro groups is 1. The summed E-state index contributed by atoms with van der Waals surface area (Å²) in [4.78, 5) is 25.9. The summed E-state index contributed by atoms with van der Waals surface area (Å²) in [6.45, 7) is 1.64. The first-order chi connectivity index (χ1) is 8.58. The number of nitro benzene ring substituents is 1. The third-order valence-corrected chi connectivity index (χ3v) is 2.92. The van der Waals surface area contributed by atoms with Gasteiger partial charge in [0, 0.05) is 22.7 Å². The zero-order valence-corrected chi connectivity index (χ0v) is 10.2. The number of hydrogen-bond acceptors (Lipinski definition) is 5. The van der Waals surface area contributed by atoms with Crippen molar-refractivity contribution in [1.82, 2.24) is 4.98 Å². The number of benzene rings is 1. The molecular formula is C11H9N3O3S. The van der Waals surface area contributed by atoms with Crippen LogP contribution in [0.2, 0.25) is 0 Å². The van der Waals surface area contributed by atoms with E-state index in [9.17, 15) is 14.9 Å². The third-order valence-electron chi connectivity index (χ3n) is 2.33. The number of hydrogen-bond donors (Lipinski definition) is 1. The summed E-state index contributed by atoms with van der Waals surface area (Å²) >= 11 is 1.31. The lowest BCUT2D eigenvalue weighted by Crippen LogP contribution is -2.12. The number of nitrogens with one attached hydrogen (secondary N) is 1. The van der Waals surface area contributed by atoms with Crippen molar-refractivity contribution < 1.29 is 9.72 Å². The first-order valence-electron chi connectivity index (χ1n) is 5.02. The fourth-order valence-corrected chi connectivity index (χ4v) is 1.94. The molecule has 18 heavy (non-hydrogen) atoms. The molecule has 0 radical (unpaired) electrons. The van der Waals surface area contributed by atoms with E-state index in [2.05, 4.69) is 10.3 Å². The van der Waals surface area contributed by atoms with E-state index in [4.69, 9.17) is 0 Å². The Bertz CT molecular complexity index is 596. The van der Waals surface area contributed by atoms with Gasteiger partial charge in [-0.05, 0) is 13.0 Å². The van der Waals surface area contributed by atoms with Gasteiger partial charge in [0.25, 0.3) is 11.6 Å². The Hall–Kier alpha value is -2.28. The van der Waals surface area contributed by atoms with E-state index in [1.807, 2.05) is 0 Å². The highest BCUT2D eigenvalue weighted by Gasteiger charge is 2.13. The Labute approximate surface area is 106 Å². The average molecular weight is 263 g/mol. The summed E-state index contributed by atoms with van der Waals surface area (Å²) in [5.74, 6) is -0.380. The van der Waals surface area contributed by atoms with E-state index in [1.165, 1.54) is 17.4 Å². The number of amides is 1. The first kappa shape index (κ1) is 12.2. The maximum absolute atomic E-state index is 11.7. The monoisotopic (exact) mass is 263 g/mol. The van der Waals surface area contributed by atoms with Crippen LogP contribution < -0.4 is 5.32 Å². The Kier molecular flexibility index (Phi) is 3.33. The second-order valence-corrected chi connectivity index (χ2v) is 4.30. The van der Waals surface area contributed by atoms with Crippen LogP contribution in [0.15, 0.2) is 29.1 Å². The average Bonchev–Trinajstić information content (AvgIpc) is 2.85. The van der Waals surface area contributed by atoms with Crippen LogP contribution in [-0.4, -0.2) is 15.8 Å². The first-order valence-corrected chi connectivity index (χ1v) is 5.97. The fraction of sp³-hybridized carbons (Fsp3) is 0.0909. The van der Waals surface area contributed by atoms with Gasteiger partial charge < -0.3 is 5.32 Å². The second kappa shape index (κ2) is 4.92. The van der Waals surface area contributed by atoms with E-state index in [1.54, 1.807) is 29.9 Å². The summed E-state index contributed by atoms with van der Waals surface area (Å²) in [6.07, 6.45) is 0. The molecule has 0 saturated carbocycles. The van der Waals surface area contributed by atoms with Crippen LogP contribution in [0.5, 0.6) is 0 Å². The van der Waals surface area contributed by atoms with Crippen LogP contribution in [0.3, 0.4) is 0 Å². The molecule has 1 heterocycles. The van der Waals surface area contributed by atoms with Gasteiger partial charge in [0.2, 0.25) is 0 Å². The summed E-state index contributed by atoms with van der Waals surface area (Å²) in [5, 5.41) is 14.9. The molecule has 0 spiro atoms. The Balaban J connectivity index is 2.22. The standard InChI is InChI=1S/C11H9N3O3S/c1-7-2-3-8(4-10(7)14(16)17)13-11(15)9-5-18-6-12-9/h2-6H,1H3,(H,13,15). The van der Waals surface area contributed by atoms with Crippen LogP contribution in [0.1, 0.15) is 16.1 Å². The number of carbonyl (C=O) groups excluding carboxylic acids is 1. The van der Waals surface area contributed by atoms with Gasteiger partial charge in [0.1, 0.15) is 5.69 Å². The van der Waals surface area contributed by atoms with Crippen molar-refractivity contribution in [3.05, 3.63) is 50.5 Å². The Morgan fingerprint density at radius 1 is 1.50 bits per heavy atom. The zero-order chi connectivity index (χ0) is 13.1. The molecule has 1 aromatic carbocycles. The molecular weight excluding hydrogens is 254 g/mol. The highest BCUT2D eigenvalue weighted by Crippen LogP contribution is 2.22. The maximum atomic E-state index is 11.7. The minimum atomic E-state index is -0.478. The van der Waals surface area contributed by atoms with Crippen molar-refractivity contribution in [3.63, 3.8) is 0 Å². The number of thiazole rings is 1. The van der Waals surface area contributed by atoms with E-state index >= 15 is 0 Å². The van der Waals surface area contributed by atoms with Crippen LogP contribution in [-0.2, 0) is 0 Å². The number of anilines is 1. The number of aryl methyl sites for hydroxylation is 1. The van der Waals surface area contributed by atoms with Gasteiger partial charge in [0.15, 0.2) is 0 Å². The number of aromatic nitrogens is 1. The molecule has 2 rings (SSSR count). The van der Waals surface area contributed by atoms with Gasteiger partial charge in [-0.25, -0.2) is 4.98 Å². The molecule has 92 valence electrons. The lowest BCUT2D eigenvalue weighted by molar-refractivity contribution is -0.385. The largest absolute Gasteiger partial charge is 0.320 e. The van der Waals surface area contributed by atoms with Crippen molar-refractivity contribution in [2.75, 3.05) is 5.32 Å². The van der Waals surface area contributed by atoms with Gasteiger partial charge in [-0.15, -0.1) is 11.3 Å². The fourth-order valence-electron chi connectivity index (χ4n) is 1.40. The molecule has 0 atom stereocenters. The highest BCUT2D eigenvalue weighted by molar-refractivity contribution is 7.07. The van der Waals surface area contributed by atoms with Crippen molar-refractivity contribution in [2.45, 2.75) is 6.92 Å². The number of rotatable bonds is 3. The van der Waals surface area contributed by atoms with E-state index in [0.717, 1.165) is 0 Å². The van der Waals surface area contributed by atoms with Crippen LogP contribution >= 0.6 is 11.3 Å². The number of carbonyl (C=O) groups is 1. The normalized spacial score (nSPS) is 10.1. The van der Waals surface area contributed by atoms with E-state index in [-0.39, 0.29) is 11.6 Å². The topological polar surface area (TPSA) is 85.1 Å². The SMILES string of the molecule is Cc1ccc(NC(=O)c2cscn2)cc1[N+](=O)[O-]. The molecule has 7 heteroatoms. The lowest BCUT2D eigenvalue weighted by Gasteiger charge is -2.04. The molecule has 2 aromatic rings. The van der Waals surface area contributed by atoms with Crippen molar-refractivity contribution in [1.29, 1.82) is 0 Å². The lowest BCUT2D eigenvalue weighted by atomic mass is 10.2. The Morgan fingerprint density at radius 3 is 2.89 bits per heavy atom. The molecule has 1 N–H and O–H groups in total. The van der Waals surface area contributed by atoms with Crippen LogP contribution in [0.25, 0.3) is 0 Å². The van der Waals surface area contributed by atoms with Gasteiger partial charge in [0.05, 0.1) is 10.4 Å². The smallest absolute Gasteiger partial charge is 0.275 e. The predicted molar refractivity (Wildman–Crippen MR) is 67.9 cm³/mol. The second-order valence-electron chi connectivity index (χ2n) is 3.59. The van der Waals surface area contributed by atoms with E-state index < -0.39 is 4.92 Å². The summed E-state index contributed by atoms with van der Waals surface area (Å²) in [6, 6.07) is 4.54. The molecule has 0 bridgehead atoms. The van der Waals surface area contributed by atoms with E-state index in [0.29, 0.717) is 16.9 Å². The highest BCUT2D eigenvalue weighted by atomic mass is 32.1. The molecule has 0 saturated heterocycles.